The van der Waals surface area contributed by atoms with E-state index in [2.05, 4.69) is 43.4 Å². The van der Waals surface area contributed by atoms with Crippen molar-refractivity contribution >= 4 is 5.91 Å². The largest absolute Gasteiger partial charge is 0.497 e. The van der Waals surface area contributed by atoms with Crippen molar-refractivity contribution in [3.8, 4) is 11.4 Å². The van der Waals surface area contributed by atoms with Gasteiger partial charge < -0.3 is 10.1 Å². The van der Waals surface area contributed by atoms with Gasteiger partial charge in [-0.05, 0) is 56.9 Å². The van der Waals surface area contributed by atoms with E-state index >= 15 is 0 Å². The number of aryl methyl sites for hydroxylation is 2. The first-order valence-corrected chi connectivity index (χ1v) is 10.5. The summed E-state index contributed by atoms with van der Waals surface area (Å²) in [7, 11) is 1.66. The standard InChI is InChI=1S/C25H31N3O2/c1-6-24(20-12-10-17(2)11-13-20)26-25(29)15-14-23-18(3)27-28(19(23)4)21-8-7-9-22(16-21)30-5/h7-13,16,24H,6,14-15H2,1-5H3,(H,26,29)/t24-/m1/s1. The molecule has 30 heavy (non-hydrogen) atoms. The third kappa shape index (κ3) is 4.90. The van der Waals surface area contributed by atoms with Gasteiger partial charge in [-0.15, -0.1) is 0 Å². The van der Waals surface area contributed by atoms with Crippen LogP contribution in [0.2, 0.25) is 0 Å². The van der Waals surface area contributed by atoms with Crippen LogP contribution in [-0.2, 0) is 11.2 Å². The molecule has 2 aromatic carbocycles. The highest BCUT2D eigenvalue weighted by Crippen LogP contribution is 2.23. The number of nitrogens with zero attached hydrogens (tertiary/aromatic N) is 2. The summed E-state index contributed by atoms with van der Waals surface area (Å²) in [6, 6.07) is 16.2. The van der Waals surface area contributed by atoms with Crippen LogP contribution < -0.4 is 10.1 Å². The molecule has 1 atom stereocenters. The molecule has 1 amide bonds. The van der Waals surface area contributed by atoms with Gasteiger partial charge in [-0.25, -0.2) is 4.68 Å². The molecule has 5 heteroatoms. The number of rotatable bonds is 8. The Hall–Kier alpha value is -3.08. The molecule has 5 nitrogen and oxygen atoms in total. The van der Waals surface area contributed by atoms with Gasteiger partial charge in [-0.3, -0.25) is 4.79 Å². The van der Waals surface area contributed by atoms with Gasteiger partial charge in [-0.2, -0.15) is 5.10 Å². The molecule has 0 spiro atoms. The molecule has 158 valence electrons. The summed E-state index contributed by atoms with van der Waals surface area (Å²) in [4.78, 5) is 12.7. The molecule has 0 fully saturated rings. The van der Waals surface area contributed by atoms with E-state index in [-0.39, 0.29) is 11.9 Å². The summed E-state index contributed by atoms with van der Waals surface area (Å²) >= 11 is 0. The van der Waals surface area contributed by atoms with Gasteiger partial charge in [0, 0.05) is 18.2 Å². The van der Waals surface area contributed by atoms with Crippen molar-refractivity contribution in [3.63, 3.8) is 0 Å². The van der Waals surface area contributed by atoms with Gasteiger partial charge in [0.05, 0.1) is 24.5 Å². The number of carbonyl (C=O) groups is 1. The monoisotopic (exact) mass is 405 g/mol. The second kappa shape index (κ2) is 9.61. The molecule has 0 aliphatic carbocycles. The molecule has 1 aromatic heterocycles. The number of hydrogen-bond donors (Lipinski definition) is 1. The lowest BCUT2D eigenvalue weighted by Crippen LogP contribution is -2.28. The third-order valence-electron chi connectivity index (χ3n) is 5.56. The summed E-state index contributed by atoms with van der Waals surface area (Å²) < 4.78 is 7.25. The number of hydrogen-bond acceptors (Lipinski definition) is 3. The molecule has 0 saturated heterocycles. The van der Waals surface area contributed by atoms with Crippen molar-refractivity contribution < 1.29 is 9.53 Å². The van der Waals surface area contributed by atoms with Gasteiger partial charge in [-0.1, -0.05) is 42.8 Å². The number of benzene rings is 2. The van der Waals surface area contributed by atoms with E-state index in [0.29, 0.717) is 12.8 Å². The molecule has 1 N–H and O–H groups in total. The Morgan fingerprint density at radius 1 is 1.13 bits per heavy atom. The number of nitrogens with one attached hydrogen (secondary N) is 1. The summed E-state index contributed by atoms with van der Waals surface area (Å²) in [6.45, 7) is 8.21. The fourth-order valence-corrected chi connectivity index (χ4v) is 3.76. The van der Waals surface area contributed by atoms with Gasteiger partial charge in [0.2, 0.25) is 5.91 Å². The van der Waals surface area contributed by atoms with E-state index in [1.807, 2.05) is 42.8 Å². The van der Waals surface area contributed by atoms with E-state index in [1.165, 1.54) is 5.56 Å². The van der Waals surface area contributed by atoms with Crippen LogP contribution >= 0.6 is 0 Å². The van der Waals surface area contributed by atoms with Crippen LogP contribution in [-0.4, -0.2) is 22.8 Å². The highest BCUT2D eigenvalue weighted by molar-refractivity contribution is 5.76. The molecule has 3 aromatic rings. The van der Waals surface area contributed by atoms with Gasteiger partial charge >= 0.3 is 0 Å². The van der Waals surface area contributed by atoms with Gasteiger partial charge in [0.1, 0.15) is 5.75 Å². The predicted molar refractivity (Wildman–Crippen MR) is 120 cm³/mol. The first-order valence-electron chi connectivity index (χ1n) is 10.5. The van der Waals surface area contributed by atoms with Crippen molar-refractivity contribution in [2.75, 3.05) is 7.11 Å². The molecule has 0 bridgehead atoms. The fraction of sp³-hybridized carbons (Fsp3) is 0.360. The zero-order valence-corrected chi connectivity index (χ0v) is 18.5. The average Bonchev–Trinajstić information content (AvgIpc) is 3.04. The van der Waals surface area contributed by atoms with Crippen LogP contribution in [0.5, 0.6) is 5.75 Å². The minimum atomic E-state index is 0.0415. The average molecular weight is 406 g/mol. The van der Waals surface area contributed by atoms with Crippen molar-refractivity contribution in [2.24, 2.45) is 0 Å². The first kappa shape index (κ1) is 21.6. The molecule has 0 saturated carbocycles. The smallest absolute Gasteiger partial charge is 0.220 e. The predicted octanol–water partition coefficient (Wildman–Crippen LogP) is 5.01. The zero-order valence-electron chi connectivity index (χ0n) is 18.5. The van der Waals surface area contributed by atoms with Crippen LogP contribution in [0.3, 0.4) is 0 Å². The lowest BCUT2D eigenvalue weighted by Gasteiger charge is -2.18. The maximum absolute atomic E-state index is 12.7. The SMILES string of the molecule is CC[C@@H](NC(=O)CCc1c(C)nn(-c2cccc(OC)c2)c1C)c1ccc(C)cc1. The number of amides is 1. The lowest BCUT2D eigenvalue weighted by atomic mass is 10.0. The van der Waals surface area contributed by atoms with E-state index in [1.54, 1.807) is 7.11 Å². The normalized spacial score (nSPS) is 11.9. The van der Waals surface area contributed by atoms with Gasteiger partial charge in [0.15, 0.2) is 0 Å². The maximum Gasteiger partial charge on any atom is 0.220 e. The maximum atomic E-state index is 12.7. The van der Waals surface area contributed by atoms with E-state index < -0.39 is 0 Å². The third-order valence-corrected chi connectivity index (χ3v) is 5.56. The quantitative estimate of drug-likeness (QED) is 0.573. The fourth-order valence-electron chi connectivity index (χ4n) is 3.76. The number of carbonyl (C=O) groups excluding carboxylic acids is 1. The Morgan fingerprint density at radius 2 is 1.87 bits per heavy atom. The van der Waals surface area contributed by atoms with Crippen LogP contribution in [0.15, 0.2) is 48.5 Å². The Bertz CT molecular complexity index is 1010. The van der Waals surface area contributed by atoms with E-state index in [0.717, 1.165) is 40.4 Å². The molecule has 0 radical (unpaired) electrons. The number of methoxy groups -OCH3 is 1. The first-order chi connectivity index (χ1) is 14.4. The van der Waals surface area contributed by atoms with E-state index in [9.17, 15) is 4.79 Å². The Balaban J connectivity index is 1.68. The Morgan fingerprint density at radius 3 is 2.53 bits per heavy atom. The number of aromatic nitrogens is 2. The minimum absolute atomic E-state index is 0.0415. The van der Waals surface area contributed by atoms with Crippen molar-refractivity contribution in [2.45, 2.75) is 53.0 Å². The lowest BCUT2D eigenvalue weighted by molar-refractivity contribution is -0.121. The topological polar surface area (TPSA) is 56.2 Å². The Kier molecular flexibility index (Phi) is 6.93. The van der Waals surface area contributed by atoms with Crippen molar-refractivity contribution in [3.05, 3.63) is 76.6 Å². The second-order valence-corrected chi connectivity index (χ2v) is 7.70. The summed E-state index contributed by atoms with van der Waals surface area (Å²) in [5.74, 6) is 0.859. The molecule has 1 heterocycles. The molecule has 0 unspecified atom stereocenters. The van der Waals surface area contributed by atoms with Crippen molar-refractivity contribution in [1.29, 1.82) is 0 Å². The molecular formula is C25H31N3O2. The Labute approximate surface area is 179 Å². The van der Waals surface area contributed by atoms with Crippen LogP contribution in [0, 0.1) is 20.8 Å². The van der Waals surface area contributed by atoms with Crippen LogP contribution in [0.25, 0.3) is 5.69 Å². The summed E-state index contributed by atoms with van der Waals surface area (Å²) in [6.07, 6.45) is 1.96. The van der Waals surface area contributed by atoms with Crippen LogP contribution in [0.4, 0.5) is 0 Å². The molecular weight excluding hydrogens is 374 g/mol. The van der Waals surface area contributed by atoms with E-state index in [4.69, 9.17) is 9.84 Å². The molecule has 0 aliphatic heterocycles. The van der Waals surface area contributed by atoms with Crippen molar-refractivity contribution in [1.82, 2.24) is 15.1 Å². The molecule has 0 aliphatic rings. The van der Waals surface area contributed by atoms with Gasteiger partial charge in [0.25, 0.3) is 0 Å². The summed E-state index contributed by atoms with van der Waals surface area (Å²) in [5, 5.41) is 7.88. The highest BCUT2D eigenvalue weighted by atomic mass is 16.5. The molecule has 3 rings (SSSR count). The second-order valence-electron chi connectivity index (χ2n) is 7.70. The highest BCUT2D eigenvalue weighted by Gasteiger charge is 2.17. The zero-order chi connectivity index (χ0) is 21.7. The minimum Gasteiger partial charge on any atom is -0.497 e. The summed E-state index contributed by atoms with van der Waals surface area (Å²) in [5.41, 5.74) is 6.45. The van der Waals surface area contributed by atoms with Crippen LogP contribution in [0.1, 0.15) is 53.9 Å². The number of ether oxygens (including phenoxy) is 1.